The van der Waals surface area contributed by atoms with Crippen molar-refractivity contribution in [3.63, 3.8) is 0 Å². The zero-order valence-corrected chi connectivity index (χ0v) is 14.1. The smallest absolute Gasteiger partial charge is 0.0577 e. The molecule has 0 unspecified atom stereocenters. The van der Waals surface area contributed by atoms with Crippen molar-refractivity contribution in [3.05, 3.63) is 88.5 Å². The van der Waals surface area contributed by atoms with Gasteiger partial charge in [-0.1, -0.05) is 77.4 Å². The number of aryl methyl sites for hydroxylation is 2. The minimum Gasteiger partial charge on any atom is -0.285 e. The second kappa shape index (κ2) is 6.78. The highest BCUT2D eigenvalue weighted by atomic mass is 14.7. The average molecular weight is 301 g/mol. The van der Waals surface area contributed by atoms with E-state index >= 15 is 0 Å². The SMILES string of the molecule is CC1=C(c2cccc(C)c2)/C=C/CN=C(c2ccc(C)cc2)C1. The first-order valence-corrected chi connectivity index (χ1v) is 8.17. The molecule has 0 saturated heterocycles. The van der Waals surface area contributed by atoms with Crippen LogP contribution in [0.1, 0.15) is 35.6 Å². The Morgan fingerprint density at radius 3 is 2.35 bits per heavy atom. The predicted molar refractivity (Wildman–Crippen MR) is 100 cm³/mol. The van der Waals surface area contributed by atoms with Gasteiger partial charge in [-0.3, -0.25) is 4.99 Å². The molecular formula is C22H23N. The first-order chi connectivity index (χ1) is 11.1. The molecule has 2 aromatic rings. The summed E-state index contributed by atoms with van der Waals surface area (Å²) in [7, 11) is 0. The van der Waals surface area contributed by atoms with E-state index < -0.39 is 0 Å². The number of rotatable bonds is 2. The second-order valence-electron chi connectivity index (χ2n) is 6.30. The van der Waals surface area contributed by atoms with E-state index in [-0.39, 0.29) is 0 Å². The van der Waals surface area contributed by atoms with Crippen LogP contribution < -0.4 is 0 Å². The molecule has 1 nitrogen and oxygen atoms in total. The summed E-state index contributed by atoms with van der Waals surface area (Å²) in [6.45, 7) is 7.22. The molecule has 0 amide bonds. The van der Waals surface area contributed by atoms with Gasteiger partial charge in [-0.15, -0.1) is 0 Å². The second-order valence-corrected chi connectivity index (χ2v) is 6.30. The Morgan fingerprint density at radius 2 is 1.61 bits per heavy atom. The molecule has 1 heterocycles. The third-order valence-electron chi connectivity index (χ3n) is 4.28. The molecule has 0 atom stereocenters. The van der Waals surface area contributed by atoms with Crippen LogP contribution in [0.3, 0.4) is 0 Å². The lowest BCUT2D eigenvalue weighted by Crippen LogP contribution is -2.05. The van der Waals surface area contributed by atoms with Crippen molar-refractivity contribution in [2.45, 2.75) is 27.2 Å². The monoisotopic (exact) mass is 301 g/mol. The predicted octanol–water partition coefficient (Wildman–Crippen LogP) is 5.53. The molecule has 0 aromatic heterocycles. The van der Waals surface area contributed by atoms with Crippen LogP contribution in [0, 0.1) is 13.8 Å². The summed E-state index contributed by atoms with van der Waals surface area (Å²) in [6.07, 6.45) is 5.28. The van der Waals surface area contributed by atoms with Crippen molar-refractivity contribution in [1.82, 2.24) is 0 Å². The summed E-state index contributed by atoms with van der Waals surface area (Å²) in [5.41, 5.74) is 8.98. The molecule has 0 spiro atoms. The number of hydrogen-bond donors (Lipinski definition) is 0. The Labute approximate surface area is 139 Å². The molecule has 2 aromatic carbocycles. The fourth-order valence-corrected chi connectivity index (χ4v) is 2.97. The first-order valence-electron chi connectivity index (χ1n) is 8.17. The summed E-state index contributed by atoms with van der Waals surface area (Å²) in [5.74, 6) is 0. The maximum atomic E-state index is 4.77. The van der Waals surface area contributed by atoms with Crippen LogP contribution in [0.15, 0.2) is 71.2 Å². The van der Waals surface area contributed by atoms with Crippen molar-refractivity contribution >= 4 is 11.3 Å². The number of nitrogens with zero attached hydrogens (tertiary/aromatic N) is 1. The zero-order valence-electron chi connectivity index (χ0n) is 14.1. The molecule has 0 aliphatic carbocycles. The number of benzene rings is 2. The van der Waals surface area contributed by atoms with Crippen LogP contribution in [0.25, 0.3) is 5.57 Å². The fourth-order valence-electron chi connectivity index (χ4n) is 2.97. The van der Waals surface area contributed by atoms with Crippen LogP contribution in [-0.4, -0.2) is 12.3 Å². The molecule has 3 rings (SSSR count). The van der Waals surface area contributed by atoms with Crippen LogP contribution in [0.2, 0.25) is 0 Å². The molecule has 0 bridgehead atoms. The van der Waals surface area contributed by atoms with Crippen molar-refractivity contribution in [2.24, 2.45) is 4.99 Å². The average Bonchev–Trinajstić information content (AvgIpc) is 2.52. The van der Waals surface area contributed by atoms with Gasteiger partial charge >= 0.3 is 0 Å². The molecule has 0 N–H and O–H groups in total. The van der Waals surface area contributed by atoms with Crippen LogP contribution in [0.4, 0.5) is 0 Å². The van der Waals surface area contributed by atoms with E-state index in [2.05, 4.69) is 81.5 Å². The Morgan fingerprint density at radius 1 is 0.826 bits per heavy atom. The highest BCUT2D eigenvalue weighted by molar-refractivity contribution is 6.03. The number of allylic oxidation sites excluding steroid dienone is 3. The highest BCUT2D eigenvalue weighted by Crippen LogP contribution is 2.26. The van der Waals surface area contributed by atoms with E-state index in [0.717, 1.165) is 13.0 Å². The third kappa shape index (κ3) is 3.68. The number of aliphatic imine (C=N–C) groups is 1. The standard InChI is InChI=1S/C22H23N/c1-16-9-11-19(12-10-16)22-15-18(3)21(8-5-13-23-22)20-7-4-6-17(2)14-20/h4-12,14H,13,15H2,1-3H3/b8-5+,21-18?,23-22?. The summed E-state index contributed by atoms with van der Waals surface area (Å²) >= 11 is 0. The van der Waals surface area contributed by atoms with Gasteiger partial charge in [0.2, 0.25) is 0 Å². The van der Waals surface area contributed by atoms with Gasteiger partial charge in [0.05, 0.1) is 6.54 Å². The van der Waals surface area contributed by atoms with Crippen molar-refractivity contribution < 1.29 is 0 Å². The quantitative estimate of drug-likeness (QED) is 0.692. The summed E-state index contributed by atoms with van der Waals surface area (Å²) < 4.78 is 0. The third-order valence-corrected chi connectivity index (χ3v) is 4.28. The molecule has 0 saturated carbocycles. The van der Waals surface area contributed by atoms with Gasteiger partial charge in [0.1, 0.15) is 0 Å². The van der Waals surface area contributed by atoms with E-state index in [9.17, 15) is 0 Å². The highest BCUT2D eigenvalue weighted by Gasteiger charge is 2.10. The lowest BCUT2D eigenvalue weighted by atomic mass is 9.93. The van der Waals surface area contributed by atoms with Crippen LogP contribution >= 0.6 is 0 Å². The van der Waals surface area contributed by atoms with Crippen LogP contribution in [0.5, 0.6) is 0 Å². The normalized spacial score (nSPS) is 16.6. The van der Waals surface area contributed by atoms with Crippen molar-refractivity contribution in [1.29, 1.82) is 0 Å². The molecular weight excluding hydrogens is 278 g/mol. The van der Waals surface area contributed by atoms with Gasteiger partial charge < -0.3 is 0 Å². The van der Waals surface area contributed by atoms with Crippen molar-refractivity contribution in [2.75, 3.05) is 6.54 Å². The maximum Gasteiger partial charge on any atom is 0.0577 e. The fraction of sp³-hybridized carbons (Fsp3) is 0.227. The number of hydrogen-bond acceptors (Lipinski definition) is 1. The molecule has 1 aliphatic heterocycles. The molecule has 23 heavy (non-hydrogen) atoms. The molecule has 1 heteroatoms. The van der Waals surface area contributed by atoms with Crippen molar-refractivity contribution in [3.8, 4) is 0 Å². The lowest BCUT2D eigenvalue weighted by molar-refractivity contribution is 1.16. The Bertz CT molecular complexity index is 789. The first kappa shape index (κ1) is 15.5. The minimum absolute atomic E-state index is 0.742. The molecule has 0 fully saturated rings. The Hall–Kier alpha value is -2.41. The summed E-state index contributed by atoms with van der Waals surface area (Å²) in [6, 6.07) is 17.4. The van der Waals surface area contributed by atoms with E-state index in [4.69, 9.17) is 4.99 Å². The lowest BCUT2D eigenvalue weighted by Gasteiger charge is -2.15. The summed E-state index contributed by atoms with van der Waals surface area (Å²) in [4.78, 5) is 4.77. The van der Waals surface area contributed by atoms with Gasteiger partial charge in [-0.05, 0) is 37.5 Å². The van der Waals surface area contributed by atoms with Gasteiger partial charge in [-0.2, -0.15) is 0 Å². The van der Waals surface area contributed by atoms with Gasteiger partial charge in [0.25, 0.3) is 0 Å². The van der Waals surface area contributed by atoms with E-state index in [1.165, 1.54) is 39.1 Å². The molecule has 0 radical (unpaired) electrons. The van der Waals surface area contributed by atoms with Gasteiger partial charge in [0, 0.05) is 12.1 Å². The largest absolute Gasteiger partial charge is 0.285 e. The maximum absolute atomic E-state index is 4.77. The summed E-state index contributed by atoms with van der Waals surface area (Å²) in [5, 5.41) is 0. The minimum atomic E-state index is 0.742. The Kier molecular flexibility index (Phi) is 4.57. The van der Waals surface area contributed by atoms with Gasteiger partial charge in [-0.25, -0.2) is 0 Å². The van der Waals surface area contributed by atoms with Gasteiger partial charge in [0.15, 0.2) is 0 Å². The Balaban J connectivity index is 1.98. The molecule has 116 valence electrons. The van der Waals surface area contributed by atoms with Crippen LogP contribution in [-0.2, 0) is 0 Å². The van der Waals surface area contributed by atoms with E-state index in [0.29, 0.717) is 0 Å². The van der Waals surface area contributed by atoms with E-state index in [1.54, 1.807) is 0 Å². The molecule has 1 aliphatic rings. The van der Waals surface area contributed by atoms with E-state index in [1.807, 2.05) is 0 Å². The zero-order chi connectivity index (χ0) is 16.2. The topological polar surface area (TPSA) is 12.4 Å².